The molecule has 2 heterocycles. The van der Waals surface area contributed by atoms with Gasteiger partial charge in [-0.15, -0.1) is 0 Å². The number of anilines is 1. The fraction of sp³-hybridized carbons (Fsp3) is 0.333. The summed E-state index contributed by atoms with van der Waals surface area (Å²) in [6, 6.07) is 7.61. The number of fused-ring (bicyclic) bond motifs is 1. The molecule has 3 N–H and O–H groups in total. The van der Waals surface area contributed by atoms with Gasteiger partial charge < -0.3 is 11.1 Å². The maximum atomic E-state index is 11.6. The van der Waals surface area contributed by atoms with Crippen LogP contribution in [0.1, 0.15) is 24.0 Å². The highest BCUT2D eigenvalue weighted by atomic mass is 16.2. The monoisotopic (exact) mass is 270 g/mol. The van der Waals surface area contributed by atoms with Crippen molar-refractivity contribution in [2.45, 2.75) is 26.2 Å². The summed E-state index contributed by atoms with van der Waals surface area (Å²) in [5.74, 6) is 0.756. The van der Waals surface area contributed by atoms with Gasteiger partial charge in [0.05, 0.1) is 5.69 Å². The van der Waals surface area contributed by atoms with E-state index in [9.17, 15) is 4.79 Å². The maximum absolute atomic E-state index is 11.6. The molecule has 0 saturated heterocycles. The molecule has 0 bridgehead atoms. The summed E-state index contributed by atoms with van der Waals surface area (Å²) in [5.41, 5.74) is 9.58. The normalized spacial score (nSPS) is 14.2. The summed E-state index contributed by atoms with van der Waals surface area (Å²) < 4.78 is 1.29. The smallest absolute Gasteiger partial charge is 0.341 e. The molecule has 0 spiro atoms. The first-order valence-electron chi connectivity index (χ1n) is 6.89. The van der Waals surface area contributed by atoms with E-state index in [1.165, 1.54) is 10.2 Å². The SMILES string of the molecule is Cc1cccc(-c2nn(C(N)=O)c3c2CCCCN3)c1. The fourth-order valence-electron chi connectivity index (χ4n) is 2.69. The topological polar surface area (TPSA) is 72.9 Å². The lowest BCUT2D eigenvalue weighted by Crippen LogP contribution is -2.23. The minimum absolute atomic E-state index is 0.547. The second-order valence-electron chi connectivity index (χ2n) is 5.18. The highest BCUT2D eigenvalue weighted by molar-refractivity contribution is 5.82. The summed E-state index contributed by atoms with van der Waals surface area (Å²) in [4.78, 5) is 11.6. The van der Waals surface area contributed by atoms with Crippen molar-refractivity contribution in [1.82, 2.24) is 9.78 Å². The molecule has 5 heteroatoms. The van der Waals surface area contributed by atoms with Crippen LogP contribution in [0.25, 0.3) is 11.3 Å². The van der Waals surface area contributed by atoms with Gasteiger partial charge in [0.2, 0.25) is 0 Å². The number of nitrogens with two attached hydrogens (primary N) is 1. The van der Waals surface area contributed by atoms with E-state index in [1.54, 1.807) is 0 Å². The van der Waals surface area contributed by atoms with Crippen LogP contribution < -0.4 is 11.1 Å². The molecule has 1 aromatic carbocycles. The van der Waals surface area contributed by atoms with E-state index in [2.05, 4.69) is 16.5 Å². The maximum Gasteiger partial charge on any atom is 0.341 e. The number of amides is 1. The van der Waals surface area contributed by atoms with Gasteiger partial charge in [-0.2, -0.15) is 9.78 Å². The highest BCUT2D eigenvalue weighted by Crippen LogP contribution is 2.32. The highest BCUT2D eigenvalue weighted by Gasteiger charge is 2.22. The molecule has 2 aromatic rings. The van der Waals surface area contributed by atoms with Crippen LogP contribution in [0.2, 0.25) is 0 Å². The van der Waals surface area contributed by atoms with Gasteiger partial charge in [0.1, 0.15) is 5.82 Å². The number of aryl methyl sites for hydroxylation is 1. The first-order valence-corrected chi connectivity index (χ1v) is 6.89. The Kier molecular flexibility index (Phi) is 3.18. The second kappa shape index (κ2) is 5.00. The van der Waals surface area contributed by atoms with Gasteiger partial charge in [-0.25, -0.2) is 4.79 Å². The summed E-state index contributed by atoms with van der Waals surface area (Å²) in [6.07, 6.45) is 3.09. The lowest BCUT2D eigenvalue weighted by molar-refractivity contribution is 0.248. The van der Waals surface area contributed by atoms with Gasteiger partial charge in [0.15, 0.2) is 0 Å². The van der Waals surface area contributed by atoms with Gasteiger partial charge >= 0.3 is 6.03 Å². The van der Waals surface area contributed by atoms with Gasteiger partial charge in [0, 0.05) is 17.7 Å². The molecule has 1 aromatic heterocycles. The Morgan fingerprint density at radius 1 is 1.40 bits per heavy atom. The Balaban J connectivity index is 2.18. The molecule has 104 valence electrons. The van der Waals surface area contributed by atoms with Crippen LogP contribution in [0.5, 0.6) is 0 Å². The molecule has 5 nitrogen and oxygen atoms in total. The lowest BCUT2D eigenvalue weighted by atomic mass is 10.0. The molecular weight excluding hydrogens is 252 g/mol. The number of primary amides is 1. The summed E-state index contributed by atoms with van der Waals surface area (Å²) in [6.45, 7) is 2.89. The van der Waals surface area contributed by atoms with Crippen molar-refractivity contribution in [2.24, 2.45) is 5.73 Å². The molecule has 0 fully saturated rings. The number of carbonyl (C=O) groups excluding carboxylic acids is 1. The molecule has 1 amide bonds. The van der Waals surface area contributed by atoms with Crippen molar-refractivity contribution in [3.05, 3.63) is 35.4 Å². The summed E-state index contributed by atoms with van der Waals surface area (Å²) in [7, 11) is 0. The molecule has 3 rings (SSSR count). The van der Waals surface area contributed by atoms with Gasteiger partial charge in [0.25, 0.3) is 0 Å². The Labute approximate surface area is 117 Å². The van der Waals surface area contributed by atoms with Crippen LogP contribution in [0.15, 0.2) is 24.3 Å². The van der Waals surface area contributed by atoms with Gasteiger partial charge in [-0.1, -0.05) is 23.8 Å². The standard InChI is InChI=1S/C15H18N4O/c1-10-5-4-6-11(9-10)13-12-7-2-3-8-17-14(12)19(18-13)15(16)20/h4-6,9,17H,2-3,7-8H2,1H3,(H2,16,20). The van der Waals surface area contributed by atoms with Crippen molar-refractivity contribution in [3.63, 3.8) is 0 Å². The minimum Gasteiger partial charge on any atom is -0.370 e. The predicted octanol–water partition coefficient (Wildman–Crippen LogP) is 2.53. The zero-order valence-electron chi connectivity index (χ0n) is 11.5. The van der Waals surface area contributed by atoms with Crippen LogP contribution in [0, 0.1) is 6.92 Å². The van der Waals surface area contributed by atoms with E-state index in [4.69, 9.17) is 5.73 Å². The molecule has 0 saturated carbocycles. The average Bonchev–Trinajstić information content (AvgIpc) is 2.61. The first-order chi connectivity index (χ1) is 9.66. The minimum atomic E-state index is -0.547. The number of nitrogens with one attached hydrogen (secondary N) is 1. The Morgan fingerprint density at radius 3 is 3.00 bits per heavy atom. The van der Waals surface area contributed by atoms with Crippen molar-refractivity contribution < 1.29 is 4.79 Å². The number of benzene rings is 1. The quantitative estimate of drug-likeness (QED) is 0.836. The third-order valence-corrected chi connectivity index (χ3v) is 3.63. The van der Waals surface area contributed by atoms with E-state index in [0.29, 0.717) is 0 Å². The Bertz CT molecular complexity index is 660. The third-order valence-electron chi connectivity index (χ3n) is 3.63. The molecule has 0 unspecified atom stereocenters. The van der Waals surface area contributed by atoms with E-state index in [1.807, 2.05) is 25.1 Å². The average molecular weight is 270 g/mol. The molecule has 1 aliphatic rings. The number of aromatic nitrogens is 2. The number of hydrogen-bond donors (Lipinski definition) is 2. The second-order valence-corrected chi connectivity index (χ2v) is 5.18. The van der Waals surface area contributed by atoms with Gasteiger partial charge in [-0.3, -0.25) is 0 Å². The van der Waals surface area contributed by atoms with Crippen LogP contribution >= 0.6 is 0 Å². The number of rotatable bonds is 1. The first kappa shape index (κ1) is 12.7. The van der Waals surface area contributed by atoms with Crippen LogP contribution in [0.4, 0.5) is 10.6 Å². The molecule has 0 aliphatic carbocycles. The Morgan fingerprint density at radius 2 is 2.25 bits per heavy atom. The van der Waals surface area contributed by atoms with Gasteiger partial charge in [-0.05, 0) is 32.3 Å². The van der Waals surface area contributed by atoms with E-state index < -0.39 is 6.03 Å². The largest absolute Gasteiger partial charge is 0.370 e. The van der Waals surface area contributed by atoms with Crippen molar-refractivity contribution in [3.8, 4) is 11.3 Å². The van der Waals surface area contributed by atoms with Crippen molar-refractivity contribution in [1.29, 1.82) is 0 Å². The fourth-order valence-corrected chi connectivity index (χ4v) is 2.69. The van der Waals surface area contributed by atoms with Crippen LogP contribution in [0.3, 0.4) is 0 Å². The van der Waals surface area contributed by atoms with E-state index in [-0.39, 0.29) is 0 Å². The zero-order chi connectivity index (χ0) is 14.1. The zero-order valence-corrected chi connectivity index (χ0v) is 11.5. The van der Waals surface area contributed by atoms with Crippen LogP contribution in [-0.4, -0.2) is 22.4 Å². The Hall–Kier alpha value is -2.30. The number of hydrogen-bond acceptors (Lipinski definition) is 3. The van der Waals surface area contributed by atoms with Crippen molar-refractivity contribution >= 4 is 11.8 Å². The molecular formula is C15H18N4O. The molecule has 1 aliphatic heterocycles. The summed E-state index contributed by atoms with van der Waals surface area (Å²) >= 11 is 0. The molecule has 0 atom stereocenters. The predicted molar refractivity (Wildman–Crippen MR) is 78.8 cm³/mol. The molecule has 20 heavy (non-hydrogen) atoms. The van der Waals surface area contributed by atoms with E-state index in [0.717, 1.165) is 48.4 Å². The number of carbonyl (C=O) groups is 1. The van der Waals surface area contributed by atoms with Crippen LogP contribution in [-0.2, 0) is 6.42 Å². The lowest BCUT2D eigenvalue weighted by Gasteiger charge is -2.05. The molecule has 0 radical (unpaired) electrons. The summed E-state index contributed by atoms with van der Waals surface area (Å²) in [5, 5.41) is 7.70. The number of nitrogens with zero attached hydrogens (tertiary/aromatic N) is 2. The van der Waals surface area contributed by atoms with Crippen molar-refractivity contribution in [2.75, 3.05) is 11.9 Å². The van der Waals surface area contributed by atoms with E-state index >= 15 is 0 Å². The third kappa shape index (κ3) is 2.15.